The number of aromatic nitrogens is 2. The molecule has 0 radical (unpaired) electrons. The van der Waals surface area contributed by atoms with Gasteiger partial charge in [0.2, 0.25) is 0 Å². The van der Waals surface area contributed by atoms with E-state index < -0.39 is 0 Å². The van der Waals surface area contributed by atoms with Crippen LogP contribution in [-0.4, -0.2) is 9.97 Å². The fourth-order valence-corrected chi connectivity index (χ4v) is 0.778. The predicted molar refractivity (Wildman–Crippen MR) is 39.4 cm³/mol. The maximum absolute atomic E-state index is 4.01. The summed E-state index contributed by atoms with van der Waals surface area (Å²) < 4.78 is 0. The molecule has 48 valence electrons. The average Bonchev–Trinajstić information content (AvgIpc) is 1.90. The molecule has 0 N–H and O–H groups in total. The zero-order chi connectivity index (χ0) is 6.69. The molecule has 2 nitrogen and oxygen atoms in total. The first-order valence-electron chi connectivity index (χ1n) is 2.66. The minimum absolute atomic E-state index is 0.819. The fraction of sp³-hybridized carbons (Fsp3) is 0.333. The van der Waals surface area contributed by atoms with Crippen LogP contribution >= 0.6 is 15.9 Å². The molecule has 0 aliphatic rings. The maximum atomic E-state index is 4.01. The highest BCUT2D eigenvalue weighted by Crippen LogP contribution is 2.00. The second-order valence-corrected chi connectivity index (χ2v) is 2.33. The molecule has 1 heterocycles. The van der Waals surface area contributed by atoms with Crippen molar-refractivity contribution in [3.8, 4) is 0 Å². The second-order valence-electron chi connectivity index (χ2n) is 1.77. The molecular weight excluding hydrogens is 180 g/mol. The SMILES string of the molecule is Cc1ncc(CBr)cn1. The van der Waals surface area contributed by atoms with Crippen LogP contribution < -0.4 is 0 Å². The minimum Gasteiger partial charge on any atom is -0.241 e. The Morgan fingerprint density at radius 3 is 2.44 bits per heavy atom. The van der Waals surface area contributed by atoms with Gasteiger partial charge in [-0.25, -0.2) is 9.97 Å². The molecule has 3 heteroatoms. The van der Waals surface area contributed by atoms with Gasteiger partial charge in [0.15, 0.2) is 0 Å². The minimum atomic E-state index is 0.819. The van der Waals surface area contributed by atoms with Gasteiger partial charge in [0.05, 0.1) is 0 Å². The molecule has 0 aromatic carbocycles. The lowest BCUT2D eigenvalue weighted by molar-refractivity contribution is 1.03. The van der Waals surface area contributed by atoms with E-state index in [0.717, 1.165) is 16.7 Å². The molecule has 9 heavy (non-hydrogen) atoms. The molecule has 0 bridgehead atoms. The Hall–Kier alpha value is -0.440. The van der Waals surface area contributed by atoms with E-state index in [0.29, 0.717) is 0 Å². The summed E-state index contributed by atoms with van der Waals surface area (Å²) in [7, 11) is 0. The number of aryl methyl sites for hydroxylation is 1. The Morgan fingerprint density at radius 2 is 2.00 bits per heavy atom. The Labute approximate surface area is 62.5 Å². The molecule has 0 unspecified atom stereocenters. The molecule has 0 saturated heterocycles. The first-order chi connectivity index (χ1) is 4.33. The van der Waals surface area contributed by atoms with Crippen LogP contribution in [0.15, 0.2) is 12.4 Å². The molecule has 1 aromatic heterocycles. The quantitative estimate of drug-likeness (QED) is 0.625. The molecule has 0 amide bonds. The molecule has 1 aromatic rings. The molecule has 0 aliphatic heterocycles. The molecule has 0 saturated carbocycles. The molecule has 0 fully saturated rings. The lowest BCUT2D eigenvalue weighted by Gasteiger charge is -1.91. The van der Waals surface area contributed by atoms with Crippen LogP contribution in [0.4, 0.5) is 0 Å². The van der Waals surface area contributed by atoms with Crippen LogP contribution in [0.3, 0.4) is 0 Å². The lowest BCUT2D eigenvalue weighted by atomic mass is 10.4. The van der Waals surface area contributed by atoms with Gasteiger partial charge in [-0.3, -0.25) is 0 Å². The summed E-state index contributed by atoms with van der Waals surface area (Å²) in [5.41, 5.74) is 1.11. The van der Waals surface area contributed by atoms with Gasteiger partial charge in [0, 0.05) is 17.7 Å². The van der Waals surface area contributed by atoms with Crippen molar-refractivity contribution < 1.29 is 0 Å². The number of hydrogen-bond acceptors (Lipinski definition) is 2. The Balaban J connectivity index is 2.88. The van der Waals surface area contributed by atoms with Crippen molar-refractivity contribution in [2.45, 2.75) is 12.3 Å². The smallest absolute Gasteiger partial charge is 0.125 e. The van der Waals surface area contributed by atoms with Crippen LogP contribution in [0.25, 0.3) is 0 Å². The van der Waals surface area contributed by atoms with E-state index in [1.807, 2.05) is 19.3 Å². The normalized spacial score (nSPS) is 9.56. The van der Waals surface area contributed by atoms with Crippen LogP contribution in [0.5, 0.6) is 0 Å². The molecule has 0 atom stereocenters. The van der Waals surface area contributed by atoms with E-state index in [4.69, 9.17) is 0 Å². The summed E-state index contributed by atoms with van der Waals surface area (Å²) in [5.74, 6) is 0.819. The largest absolute Gasteiger partial charge is 0.241 e. The number of halogens is 1. The van der Waals surface area contributed by atoms with Crippen molar-refractivity contribution in [1.29, 1.82) is 0 Å². The van der Waals surface area contributed by atoms with Crippen LogP contribution in [-0.2, 0) is 5.33 Å². The summed E-state index contributed by atoms with van der Waals surface area (Å²) >= 11 is 3.30. The fourth-order valence-electron chi connectivity index (χ4n) is 0.488. The van der Waals surface area contributed by atoms with E-state index in [-0.39, 0.29) is 0 Å². The zero-order valence-electron chi connectivity index (χ0n) is 5.13. The number of nitrogens with zero attached hydrogens (tertiary/aromatic N) is 2. The van der Waals surface area contributed by atoms with Gasteiger partial charge >= 0.3 is 0 Å². The van der Waals surface area contributed by atoms with Gasteiger partial charge in [-0.2, -0.15) is 0 Å². The van der Waals surface area contributed by atoms with Gasteiger partial charge in [-0.1, -0.05) is 15.9 Å². The third-order valence-corrected chi connectivity index (χ3v) is 1.64. The van der Waals surface area contributed by atoms with Crippen molar-refractivity contribution in [3.63, 3.8) is 0 Å². The van der Waals surface area contributed by atoms with Gasteiger partial charge in [0.1, 0.15) is 5.82 Å². The predicted octanol–water partition coefficient (Wildman–Crippen LogP) is 1.68. The topological polar surface area (TPSA) is 25.8 Å². The standard InChI is InChI=1S/C6H7BrN2/c1-5-8-3-6(2-7)4-9-5/h3-4H,2H2,1H3. The first kappa shape index (κ1) is 6.68. The highest BCUT2D eigenvalue weighted by molar-refractivity contribution is 9.08. The monoisotopic (exact) mass is 186 g/mol. The summed E-state index contributed by atoms with van der Waals surface area (Å²) in [6.07, 6.45) is 3.63. The Bertz CT molecular complexity index is 183. The summed E-state index contributed by atoms with van der Waals surface area (Å²) in [5, 5.41) is 0.827. The van der Waals surface area contributed by atoms with E-state index in [1.165, 1.54) is 0 Å². The highest BCUT2D eigenvalue weighted by atomic mass is 79.9. The van der Waals surface area contributed by atoms with Crippen LogP contribution in [0.2, 0.25) is 0 Å². The van der Waals surface area contributed by atoms with Gasteiger partial charge in [-0.15, -0.1) is 0 Å². The molecule has 1 rings (SSSR count). The number of hydrogen-bond donors (Lipinski definition) is 0. The first-order valence-corrected chi connectivity index (χ1v) is 3.78. The van der Waals surface area contributed by atoms with Crippen molar-refractivity contribution >= 4 is 15.9 Å². The lowest BCUT2D eigenvalue weighted by Crippen LogP contribution is -1.87. The second kappa shape index (κ2) is 2.92. The molecular formula is C6H7BrN2. The molecule has 0 spiro atoms. The highest BCUT2D eigenvalue weighted by Gasteiger charge is 1.88. The average molecular weight is 187 g/mol. The third kappa shape index (κ3) is 1.75. The summed E-state index contributed by atoms with van der Waals surface area (Å²) in [6.45, 7) is 1.87. The van der Waals surface area contributed by atoms with Crippen molar-refractivity contribution in [1.82, 2.24) is 9.97 Å². The maximum Gasteiger partial charge on any atom is 0.125 e. The summed E-state index contributed by atoms with van der Waals surface area (Å²) in [6, 6.07) is 0. The Morgan fingerprint density at radius 1 is 1.44 bits per heavy atom. The zero-order valence-corrected chi connectivity index (χ0v) is 6.72. The summed E-state index contributed by atoms with van der Waals surface area (Å²) in [4.78, 5) is 8.02. The van der Waals surface area contributed by atoms with E-state index in [2.05, 4.69) is 25.9 Å². The van der Waals surface area contributed by atoms with Crippen LogP contribution in [0.1, 0.15) is 11.4 Å². The van der Waals surface area contributed by atoms with Crippen molar-refractivity contribution in [3.05, 3.63) is 23.8 Å². The molecule has 0 aliphatic carbocycles. The van der Waals surface area contributed by atoms with E-state index in [1.54, 1.807) is 0 Å². The van der Waals surface area contributed by atoms with Gasteiger partial charge in [-0.05, 0) is 12.5 Å². The van der Waals surface area contributed by atoms with Gasteiger partial charge in [0.25, 0.3) is 0 Å². The van der Waals surface area contributed by atoms with Crippen molar-refractivity contribution in [2.75, 3.05) is 0 Å². The van der Waals surface area contributed by atoms with Crippen molar-refractivity contribution in [2.24, 2.45) is 0 Å². The number of rotatable bonds is 1. The van der Waals surface area contributed by atoms with E-state index >= 15 is 0 Å². The Kier molecular flexibility index (Phi) is 2.16. The van der Waals surface area contributed by atoms with E-state index in [9.17, 15) is 0 Å². The third-order valence-electron chi connectivity index (χ3n) is 0.989. The number of alkyl halides is 1. The van der Waals surface area contributed by atoms with Gasteiger partial charge < -0.3 is 0 Å². The van der Waals surface area contributed by atoms with Crippen LogP contribution in [0, 0.1) is 6.92 Å².